The van der Waals surface area contributed by atoms with E-state index in [1.165, 1.54) is 18.2 Å². The van der Waals surface area contributed by atoms with Gasteiger partial charge >= 0.3 is 0 Å². The number of rotatable bonds is 4. The Morgan fingerprint density at radius 3 is 2.78 bits per heavy atom. The van der Waals surface area contributed by atoms with Crippen LogP contribution in [0.15, 0.2) is 18.2 Å². The van der Waals surface area contributed by atoms with Gasteiger partial charge in [-0.2, -0.15) is 0 Å². The fraction of sp³-hybridized carbons (Fsp3) is 0.474. The van der Waals surface area contributed by atoms with Crippen LogP contribution in [0.5, 0.6) is 0 Å². The Morgan fingerprint density at radius 1 is 1.37 bits per heavy atom. The van der Waals surface area contributed by atoms with Crippen LogP contribution in [0.1, 0.15) is 29.3 Å². The number of nitrogens with one attached hydrogen (secondary N) is 1. The van der Waals surface area contributed by atoms with Crippen LogP contribution >= 0.6 is 12.2 Å². The summed E-state index contributed by atoms with van der Waals surface area (Å²) in [6.07, 6.45) is 1.45. The van der Waals surface area contributed by atoms with Crippen LogP contribution in [-0.4, -0.2) is 34.3 Å². The zero-order valence-electron chi connectivity index (χ0n) is 15.0. The molecule has 5 nitrogen and oxygen atoms in total. The van der Waals surface area contributed by atoms with Crippen LogP contribution in [0.3, 0.4) is 0 Å². The first-order valence-corrected chi connectivity index (χ1v) is 9.44. The largest absolute Gasteiger partial charge is 0.379 e. The number of imidazole rings is 1. The first-order valence-electron chi connectivity index (χ1n) is 9.04. The lowest BCUT2D eigenvalue weighted by molar-refractivity contribution is -0.121. The van der Waals surface area contributed by atoms with Crippen molar-refractivity contribution in [2.24, 2.45) is 7.05 Å². The van der Waals surface area contributed by atoms with Gasteiger partial charge in [0.05, 0.1) is 19.1 Å². The van der Waals surface area contributed by atoms with Crippen molar-refractivity contribution in [3.8, 4) is 0 Å². The molecular weight excluding hydrogens is 372 g/mol. The summed E-state index contributed by atoms with van der Waals surface area (Å²) in [4.78, 5) is 12.4. The number of nitrogens with zero attached hydrogens (tertiary/aromatic N) is 2. The van der Waals surface area contributed by atoms with Crippen LogP contribution in [0.2, 0.25) is 0 Å². The minimum atomic E-state index is -0.540. The van der Waals surface area contributed by atoms with Gasteiger partial charge in [-0.05, 0) is 37.2 Å². The molecule has 144 valence electrons. The first-order chi connectivity index (χ1) is 13.0. The monoisotopic (exact) mass is 393 g/mol. The van der Waals surface area contributed by atoms with Crippen LogP contribution in [-0.2, 0) is 36.0 Å². The van der Waals surface area contributed by atoms with Gasteiger partial charge in [0, 0.05) is 43.1 Å². The Bertz CT molecular complexity index is 927. The van der Waals surface area contributed by atoms with Crippen molar-refractivity contribution in [2.45, 2.75) is 37.8 Å². The molecule has 3 heterocycles. The fourth-order valence-corrected chi connectivity index (χ4v) is 4.38. The van der Waals surface area contributed by atoms with Crippen LogP contribution in [0.25, 0.3) is 0 Å². The maximum absolute atomic E-state index is 14.2. The molecule has 0 aliphatic carbocycles. The highest BCUT2D eigenvalue weighted by atomic mass is 32.1. The van der Waals surface area contributed by atoms with Gasteiger partial charge < -0.3 is 19.2 Å². The molecule has 1 aromatic heterocycles. The lowest BCUT2D eigenvalue weighted by Crippen LogP contribution is -2.36. The van der Waals surface area contributed by atoms with Gasteiger partial charge in [0.1, 0.15) is 11.6 Å². The third-order valence-electron chi connectivity index (χ3n) is 5.46. The third kappa shape index (κ3) is 3.32. The number of aromatic nitrogens is 2. The van der Waals surface area contributed by atoms with Crippen molar-refractivity contribution >= 4 is 18.1 Å². The molecule has 8 heteroatoms. The zero-order valence-corrected chi connectivity index (χ0v) is 15.8. The van der Waals surface area contributed by atoms with Crippen molar-refractivity contribution in [1.82, 2.24) is 14.5 Å². The fourth-order valence-electron chi connectivity index (χ4n) is 4.09. The van der Waals surface area contributed by atoms with Gasteiger partial charge in [0.2, 0.25) is 5.91 Å². The molecule has 4 rings (SSSR count). The van der Waals surface area contributed by atoms with E-state index in [4.69, 9.17) is 17.0 Å². The van der Waals surface area contributed by atoms with Crippen LogP contribution in [0.4, 0.5) is 8.78 Å². The molecule has 1 saturated heterocycles. The van der Waals surface area contributed by atoms with E-state index in [0.29, 0.717) is 31.0 Å². The molecule has 2 unspecified atom stereocenters. The summed E-state index contributed by atoms with van der Waals surface area (Å²) in [5.41, 5.74) is 1.78. The summed E-state index contributed by atoms with van der Waals surface area (Å²) in [6.45, 7) is 1.61. The lowest BCUT2D eigenvalue weighted by atomic mass is 9.95. The summed E-state index contributed by atoms with van der Waals surface area (Å²) in [6, 6.07) is 3.96. The molecule has 0 saturated carbocycles. The number of benzene rings is 1. The summed E-state index contributed by atoms with van der Waals surface area (Å²) in [7, 11) is 1.83. The zero-order chi connectivity index (χ0) is 19.1. The Kier molecular flexibility index (Phi) is 4.86. The Morgan fingerprint density at radius 2 is 2.11 bits per heavy atom. The van der Waals surface area contributed by atoms with Crippen molar-refractivity contribution in [1.29, 1.82) is 0 Å². The van der Waals surface area contributed by atoms with E-state index in [-0.39, 0.29) is 29.9 Å². The van der Waals surface area contributed by atoms with E-state index in [0.717, 1.165) is 17.8 Å². The summed E-state index contributed by atoms with van der Waals surface area (Å²) >= 11 is 5.49. The van der Waals surface area contributed by atoms with E-state index in [1.54, 1.807) is 0 Å². The average molecular weight is 393 g/mol. The standard InChI is InChI=1S/C19H21F2N3O2S/c1-23-15(8-17(25)22-12-5-6-26-10-12)16-7-11(9-24(16)19(23)27)18-13(20)3-2-4-14(18)21/h2-4,11-12H,5-10H2,1H3,(H,22,25). The maximum atomic E-state index is 14.2. The van der Waals surface area contributed by atoms with E-state index >= 15 is 0 Å². The highest BCUT2D eigenvalue weighted by molar-refractivity contribution is 7.71. The molecule has 2 aliphatic heterocycles. The van der Waals surface area contributed by atoms with Crippen LogP contribution < -0.4 is 5.32 Å². The first kappa shape index (κ1) is 18.3. The molecular formula is C19H21F2N3O2S. The molecule has 1 aromatic carbocycles. The minimum absolute atomic E-state index is 0.0432. The third-order valence-corrected chi connectivity index (χ3v) is 5.95. The van der Waals surface area contributed by atoms with Gasteiger partial charge in [-0.25, -0.2) is 8.78 Å². The molecule has 2 atom stereocenters. The number of hydrogen-bond acceptors (Lipinski definition) is 3. The molecule has 0 spiro atoms. The Hall–Kier alpha value is -2.06. The molecule has 1 N–H and O–H groups in total. The number of carbonyl (C=O) groups excluding carboxylic acids is 1. The number of fused-ring (bicyclic) bond motifs is 1. The predicted octanol–water partition coefficient (Wildman–Crippen LogP) is 2.62. The Balaban J connectivity index is 1.58. The van der Waals surface area contributed by atoms with Gasteiger partial charge in [0.15, 0.2) is 4.77 Å². The van der Waals surface area contributed by atoms with E-state index in [2.05, 4.69) is 5.32 Å². The molecule has 27 heavy (non-hydrogen) atoms. The van der Waals surface area contributed by atoms with Crippen LogP contribution in [0, 0.1) is 16.4 Å². The van der Waals surface area contributed by atoms with Gasteiger partial charge in [-0.1, -0.05) is 6.07 Å². The Labute approximate surface area is 160 Å². The van der Waals surface area contributed by atoms with Crippen molar-refractivity contribution < 1.29 is 18.3 Å². The maximum Gasteiger partial charge on any atom is 0.226 e. The quantitative estimate of drug-likeness (QED) is 0.813. The molecule has 2 aliphatic rings. The highest BCUT2D eigenvalue weighted by Gasteiger charge is 2.32. The number of halogens is 2. The molecule has 2 aromatic rings. The predicted molar refractivity (Wildman–Crippen MR) is 98.1 cm³/mol. The second-order valence-electron chi connectivity index (χ2n) is 7.19. The molecule has 0 radical (unpaired) electrons. The summed E-state index contributed by atoms with van der Waals surface area (Å²) in [5.74, 6) is -1.50. The normalized spacial score (nSPS) is 21.4. The number of hydrogen-bond donors (Lipinski definition) is 1. The number of ether oxygens (including phenoxy) is 1. The summed E-state index contributed by atoms with van der Waals surface area (Å²) in [5, 5.41) is 2.98. The second-order valence-corrected chi connectivity index (χ2v) is 7.55. The van der Waals surface area contributed by atoms with Gasteiger partial charge in [-0.15, -0.1) is 0 Å². The molecule has 1 amide bonds. The number of carbonyl (C=O) groups is 1. The van der Waals surface area contributed by atoms with Gasteiger partial charge in [-0.3, -0.25) is 4.79 Å². The summed E-state index contributed by atoms with van der Waals surface area (Å²) < 4.78 is 38.0. The number of amides is 1. The molecule has 1 fully saturated rings. The van der Waals surface area contributed by atoms with Crippen molar-refractivity contribution in [2.75, 3.05) is 13.2 Å². The van der Waals surface area contributed by atoms with E-state index in [9.17, 15) is 13.6 Å². The van der Waals surface area contributed by atoms with E-state index in [1.807, 2.05) is 16.2 Å². The van der Waals surface area contributed by atoms with E-state index < -0.39 is 11.6 Å². The topological polar surface area (TPSA) is 48.2 Å². The second kappa shape index (κ2) is 7.16. The molecule has 0 bridgehead atoms. The van der Waals surface area contributed by atoms with Crippen molar-refractivity contribution in [3.63, 3.8) is 0 Å². The van der Waals surface area contributed by atoms with Gasteiger partial charge in [0.25, 0.3) is 0 Å². The lowest BCUT2D eigenvalue weighted by Gasteiger charge is -2.14. The SMILES string of the molecule is Cn1c(CC(=O)NC2CCOC2)c2n(c1=S)CC(c1c(F)cccc1F)C2. The highest BCUT2D eigenvalue weighted by Crippen LogP contribution is 2.35. The minimum Gasteiger partial charge on any atom is -0.379 e. The van der Waals surface area contributed by atoms with Crippen molar-refractivity contribution in [3.05, 3.63) is 51.6 Å². The smallest absolute Gasteiger partial charge is 0.226 e. The average Bonchev–Trinajstić information content (AvgIpc) is 3.32.